The van der Waals surface area contributed by atoms with E-state index >= 15 is 0 Å². The van der Waals surface area contributed by atoms with Crippen LogP contribution in [-0.4, -0.2) is 46.5 Å². The molecule has 2 aromatic rings. The minimum Gasteiger partial charge on any atom is -0.307 e. The van der Waals surface area contributed by atoms with Crippen molar-refractivity contribution in [1.82, 2.24) is 20.4 Å². The molecule has 28 heavy (non-hydrogen) atoms. The Balaban J connectivity index is 2.06. The second kappa shape index (κ2) is 7.25. The second-order valence-corrected chi connectivity index (χ2v) is 7.66. The molecule has 0 saturated carbocycles. The third-order valence-corrected chi connectivity index (χ3v) is 5.81. The summed E-state index contributed by atoms with van der Waals surface area (Å²) in [6.07, 6.45) is 0. The number of hydrogen-bond acceptors (Lipinski definition) is 4. The zero-order valence-electron chi connectivity index (χ0n) is 15.2. The summed E-state index contributed by atoms with van der Waals surface area (Å²) < 4.78 is 0. The fraction of sp³-hybridized carbons (Fsp3) is 0.300. The molecule has 0 spiro atoms. The van der Waals surface area contributed by atoms with Gasteiger partial charge in [0, 0.05) is 35.7 Å². The van der Waals surface area contributed by atoms with Crippen molar-refractivity contribution in [3.63, 3.8) is 0 Å². The summed E-state index contributed by atoms with van der Waals surface area (Å²) in [4.78, 5) is 29.8. The molecule has 2 unspecified atom stereocenters. The quantitative estimate of drug-likeness (QED) is 0.549. The molecule has 2 atom stereocenters. The lowest BCUT2D eigenvalue weighted by Crippen LogP contribution is -2.62. The molecule has 146 valence electrons. The molecular weight excluding hydrogens is 392 g/mol. The first kappa shape index (κ1) is 19.0. The van der Waals surface area contributed by atoms with Gasteiger partial charge in [0.25, 0.3) is 0 Å². The number of thiol groups is 2. The van der Waals surface area contributed by atoms with Gasteiger partial charge >= 0.3 is 12.1 Å². The molecule has 0 aromatic heterocycles. The Morgan fingerprint density at radius 3 is 1.46 bits per heavy atom. The van der Waals surface area contributed by atoms with E-state index in [1.54, 1.807) is 9.80 Å². The predicted octanol–water partition coefficient (Wildman–Crippen LogP) is 2.60. The molecule has 2 saturated heterocycles. The van der Waals surface area contributed by atoms with Gasteiger partial charge in [-0.1, -0.05) is 60.7 Å². The monoisotopic (exact) mass is 414 g/mol. The van der Waals surface area contributed by atoms with Crippen molar-refractivity contribution in [2.75, 3.05) is 24.6 Å². The van der Waals surface area contributed by atoms with E-state index in [0.29, 0.717) is 24.6 Å². The van der Waals surface area contributed by atoms with Crippen molar-refractivity contribution in [3.8, 4) is 0 Å². The SMILES string of the molecule is O=C1NC2(c3ccccc3)N(CCS)C(=O)N(CCS)C2(c2ccccc2)N1. The Morgan fingerprint density at radius 2 is 1.11 bits per heavy atom. The summed E-state index contributed by atoms with van der Waals surface area (Å²) >= 11 is 8.75. The van der Waals surface area contributed by atoms with Crippen LogP contribution in [0.25, 0.3) is 0 Å². The van der Waals surface area contributed by atoms with Gasteiger partial charge in [0.05, 0.1) is 0 Å². The molecule has 0 aliphatic carbocycles. The first-order valence-electron chi connectivity index (χ1n) is 9.14. The molecule has 2 heterocycles. The molecule has 2 aliphatic rings. The van der Waals surface area contributed by atoms with Gasteiger partial charge in [-0.25, -0.2) is 9.59 Å². The number of hydrogen-bond donors (Lipinski definition) is 4. The van der Waals surface area contributed by atoms with Crippen molar-refractivity contribution in [2.45, 2.75) is 11.3 Å². The Bertz CT molecular complexity index is 813. The molecule has 0 bridgehead atoms. The normalized spacial score (nSPS) is 26.2. The van der Waals surface area contributed by atoms with Crippen molar-refractivity contribution < 1.29 is 9.59 Å². The molecule has 2 fully saturated rings. The number of benzene rings is 2. The molecule has 4 amide bonds. The maximum atomic E-state index is 13.6. The molecule has 8 heteroatoms. The highest BCUT2D eigenvalue weighted by Gasteiger charge is 2.73. The number of amides is 4. The van der Waals surface area contributed by atoms with E-state index in [1.807, 2.05) is 60.7 Å². The lowest BCUT2D eigenvalue weighted by atomic mass is 9.81. The maximum absolute atomic E-state index is 13.6. The highest BCUT2D eigenvalue weighted by atomic mass is 32.1. The van der Waals surface area contributed by atoms with Gasteiger partial charge in [-0.2, -0.15) is 25.3 Å². The first-order valence-corrected chi connectivity index (χ1v) is 10.4. The van der Waals surface area contributed by atoms with Crippen LogP contribution in [0.2, 0.25) is 0 Å². The lowest BCUT2D eigenvalue weighted by molar-refractivity contribution is 0.0451. The number of urea groups is 2. The molecule has 2 aromatic carbocycles. The predicted molar refractivity (Wildman–Crippen MR) is 114 cm³/mol. The fourth-order valence-corrected chi connectivity index (χ4v) is 4.86. The topological polar surface area (TPSA) is 64.7 Å². The van der Waals surface area contributed by atoms with Crippen LogP contribution in [0.4, 0.5) is 9.59 Å². The molecule has 2 aliphatic heterocycles. The van der Waals surface area contributed by atoms with Crippen LogP contribution in [0, 0.1) is 0 Å². The Morgan fingerprint density at radius 1 is 0.714 bits per heavy atom. The number of carbonyl (C=O) groups is 2. The Kier molecular flexibility index (Phi) is 4.93. The van der Waals surface area contributed by atoms with E-state index < -0.39 is 11.3 Å². The van der Waals surface area contributed by atoms with Crippen molar-refractivity contribution in [1.29, 1.82) is 0 Å². The molecule has 4 rings (SSSR count). The van der Waals surface area contributed by atoms with Gasteiger partial charge in [-0.3, -0.25) is 9.80 Å². The molecular formula is C20H22N4O2S2. The van der Waals surface area contributed by atoms with Crippen molar-refractivity contribution in [2.24, 2.45) is 0 Å². The van der Waals surface area contributed by atoms with Crippen LogP contribution in [0.3, 0.4) is 0 Å². The summed E-state index contributed by atoms with van der Waals surface area (Å²) in [7, 11) is 0. The number of nitrogens with zero attached hydrogens (tertiary/aromatic N) is 2. The third kappa shape index (κ3) is 2.44. The summed E-state index contributed by atoms with van der Waals surface area (Å²) in [5, 5.41) is 6.19. The standard InChI is InChI=1S/C20H22N4O2S2/c25-17-21-19(15-7-3-1-4-8-15)20(22-17,16-9-5-2-6-10-16)24(12-14-28)18(26)23(19)11-13-27/h1-10,27-28H,11-14H2,(H2,21,22,25). The summed E-state index contributed by atoms with van der Waals surface area (Å²) in [6.45, 7) is 0.771. The highest BCUT2D eigenvalue weighted by Crippen LogP contribution is 2.53. The minimum atomic E-state index is -1.10. The van der Waals surface area contributed by atoms with E-state index in [1.165, 1.54) is 0 Å². The van der Waals surface area contributed by atoms with Crippen LogP contribution in [0.15, 0.2) is 60.7 Å². The van der Waals surface area contributed by atoms with E-state index in [-0.39, 0.29) is 12.1 Å². The van der Waals surface area contributed by atoms with Gasteiger partial charge in [0.1, 0.15) is 0 Å². The largest absolute Gasteiger partial charge is 0.324 e. The first-order chi connectivity index (χ1) is 13.6. The Labute approximate surface area is 175 Å². The van der Waals surface area contributed by atoms with Crippen LogP contribution in [0.1, 0.15) is 11.1 Å². The molecule has 0 radical (unpaired) electrons. The van der Waals surface area contributed by atoms with Crippen molar-refractivity contribution >= 4 is 37.3 Å². The fourth-order valence-electron chi connectivity index (χ4n) is 4.46. The zero-order valence-corrected chi connectivity index (χ0v) is 17.0. The summed E-state index contributed by atoms with van der Waals surface area (Å²) in [5.74, 6) is 0.936. The molecule has 2 N–H and O–H groups in total. The van der Waals surface area contributed by atoms with Gasteiger partial charge in [-0.05, 0) is 0 Å². The van der Waals surface area contributed by atoms with Gasteiger partial charge < -0.3 is 10.6 Å². The van der Waals surface area contributed by atoms with Gasteiger partial charge in [0.15, 0.2) is 11.3 Å². The van der Waals surface area contributed by atoms with Crippen molar-refractivity contribution in [3.05, 3.63) is 71.8 Å². The average molecular weight is 415 g/mol. The lowest BCUT2D eigenvalue weighted by Gasteiger charge is -2.44. The minimum absolute atomic E-state index is 0.164. The van der Waals surface area contributed by atoms with Gasteiger partial charge in [0.2, 0.25) is 0 Å². The van der Waals surface area contributed by atoms with E-state index in [2.05, 4.69) is 35.9 Å². The van der Waals surface area contributed by atoms with Gasteiger partial charge in [-0.15, -0.1) is 0 Å². The Hall–Kier alpha value is -2.32. The second-order valence-electron chi connectivity index (χ2n) is 6.77. The smallest absolute Gasteiger partial charge is 0.307 e. The maximum Gasteiger partial charge on any atom is 0.324 e. The van der Waals surface area contributed by atoms with Crippen LogP contribution in [0.5, 0.6) is 0 Å². The van der Waals surface area contributed by atoms with E-state index in [4.69, 9.17) is 0 Å². The number of rotatable bonds is 6. The van der Waals surface area contributed by atoms with E-state index in [0.717, 1.165) is 11.1 Å². The van der Waals surface area contributed by atoms with Crippen LogP contribution in [-0.2, 0) is 11.3 Å². The van der Waals surface area contributed by atoms with Crippen LogP contribution < -0.4 is 10.6 Å². The van der Waals surface area contributed by atoms with E-state index in [9.17, 15) is 9.59 Å². The number of carbonyl (C=O) groups excluding carboxylic acids is 2. The van der Waals surface area contributed by atoms with Crippen LogP contribution >= 0.6 is 25.3 Å². The number of nitrogens with one attached hydrogen (secondary N) is 2. The zero-order chi connectivity index (χ0) is 19.8. The summed E-state index contributed by atoms with van der Waals surface area (Å²) in [5.41, 5.74) is -0.548. The summed E-state index contributed by atoms with van der Waals surface area (Å²) in [6, 6.07) is 18.7. The third-order valence-electron chi connectivity index (χ3n) is 5.41. The highest BCUT2D eigenvalue weighted by molar-refractivity contribution is 7.80. The number of fused-ring (bicyclic) bond motifs is 1. The average Bonchev–Trinajstić information content (AvgIpc) is 3.13. The molecule has 6 nitrogen and oxygen atoms in total.